The number of aryl methyl sites for hydroxylation is 1. The number of hydrogen-bond donors (Lipinski definition) is 1. The van der Waals surface area contributed by atoms with Crippen LogP contribution in [0, 0.1) is 12.7 Å². The van der Waals surface area contributed by atoms with E-state index < -0.39 is 15.8 Å². The average Bonchev–Trinajstić information content (AvgIpc) is 2.42. The van der Waals surface area contributed by atoms with Crippen LogP contribution in [0.1, 0.15) is 11.1 Å². The topological polar surface area (TPSA) is 58.5 Å². The first-order chi connectivity index (χ1) is 9.90. The molecule has 0 unspecified atom stereocenters. The molecule has 0 saturated carbocycles. The second-order valence-corrected chi connectivity index (χ2v) is 6.82. The lowest BCUT2D eigenvalue weighted by Crippen LogP contribution is -2.18. The summed E-state index contributed by atoms with van der Waals surface area (Å²) in [7, 11) is -3.76. The number of halogens is 2. The first kappa shape index (κ1) is 15.7. The summed E-state index contributed by atoms with van der Waals surface area (Å²) in [6.45, 7) is 1.86. The van der Waals surface area contributed by atoms with E-state index in [1.54, 1.807) is 18.2 Å². The van der Waals surface area contributed by atoms with Gasteiger partial charge in [-0.2, -0.15) is 13.5 Å². The number of rotatable bonds is 4. The van der Waals surface area contributed by atoms with Gasteiger partial charge in [-0.25, -0.2) is 9.22 Å². The van der Waals surface area contributed by atoms with Crippen molar-refractivity contribution >= 4 is 32.2 Å². The van der Waals surface area contributed by atoms with Gasteiger partial charge in [-0.1, -0.05) is 39.7 Å². The number of nitrogens with one attached hydrogen (secondary N) is 1. The summed E-state index contributed by atoms with van der Waals surface area (Å²) in [4.78, 5) is 2.15. The Balaban J connectivity index is 2.19. The van der Waals surface area contributed by atoms with Gasteiger partial charge < -0.3 is 0 Å². The molecule has 7 heteroatoms. The number of hydrazone groups is 1. The Hall–Kier alpha value is -1.73. The second-order valence-electron chi connectivity index (χ2n) is 4.30. The summed E-state index contributed by atoms with van der Waals surface area (Å²) < 4.78 is 38.0. The van der Waals surface area contributed by atoms with E-state index in [0.717, 1.165) is 11.8 Å². The third-order valence-corrected chi connectivity index (χ3v) is 4.63. The molecule has 0 radical (unpaired) electrons. The molecule has 0 aliphatic rings. The van der Waals surface area contributed by atoms with Crippen molar-refractivity contribution in [2.45, 2.75) is 11.8 Å². The maximum Gasteiger partial charge on any atom is 0.276 e. The monoisotopic (exact) mass is 370 g/mol. The molecule has 0 spiro atoms. The highest BCUT2D eigenvalue weighted by molar-refractivity contribution is 9.10. The highest BCUT2D eigenvalue weighted by Crippen LogP contribution is 2.17. The van der Waals surface area contributed by atoms with E-state index in [4.69, 9.17) is 0 Å². The molecule has 0 bridgehead atoms. The van der Waals surface area contributed by atoms with E-state index in [2.05, 4.69) is 25.9 Å². The maximum atomic E-state index is 13.5. The van der Waals surface area contributed by atoms with Crippen molar-refractivity contribution in [1.82, 2.24) is 4.83 Å². The predicted octanol–water partition coefficient (Wildman–Crippen LogP) is 3.21. The van der Waals surface area contributed by atoms with Gasteiger partial charge in [-0.05, 0) is 31.2 Å². The zero-order valence-corrected chi connectivity index (χ0v) is 13.4. The van der Waals surface area contributed by atoms with E-state index in [0.29, 0.717) is 4.47 Å². The third kappa shape index (κ3) is 3.89. The van der Waals surface area contributed by atoms with Gasteiger partial charge in [0.2, 0.25) is 0 Å². The van der Waals surface area contributed by atoms with Crippen LogP contribution in [-0.4, -0.2) is 14.6 Å². The summed E-state index contributed by atoms with van der Waals surface area (Å²) in [6.07, 6.45) is 1.12. The van der Waals surface area contributed by atoms with Crippen molar-refractivity contribution in [2.75, 3.05) is 0 Å². The van der Waals surface area contributed by atoms with Crippen LogP contribution in [0.3, 0.4) is 0 Å². The molecule has 0 aliphatic heterocycles. The summed E-state index contributed by atoms with van der Waals surface area (Å²) in [6, 6.07) is 10.8. The van der Waals surface area contributed by atoms with Crippen molar-refractivity contribution in [3.63, 3.8) is 0 Å². The fourth-order valence-electron chi connectivity index (χ4n) is 1.56. The van der Waals surface area contributed by atoms with Crippen molar-refractivity contribution in [3.05, 3.63) is 63.9 Å². The molecule has 0 amide bonds. The molecule has 2 rings (SSSR count). The number of nitrogens with zero attached hydrogens (tertiary/aromatic N) is 1. The van der Waals surface area contributed by atoms with Gasteiger partial charge in [0.05, 0.1) is 11.1 Å². The number of hydrogen-bond acceptors (Lipinski definition) is 3. The highest BCUT2D eigenvalue weighted by Gasteiger charge is 2.12. The average molecular weight is 371 g/mol. The molecule has 0 atom stereocenters. The van der Waals surface area contributed by atoms with Crippen LogP contribution in [0.25, 0.3) is 0 Å². The van der Waals surface area contributed by atoms with E-state index in [-0.39, 0.29) is 10.5 Å². The van der Waals surface area contributed by atoms with Gasteiger partial charge in [-0.3, -0.25) is 0 Å². The van der Waals surface area contributed by atoms with Gasteiger partial charge in [0.1, 0.15) is 5.82 Å². The number of sulfonamides is 1. The molecule has 0 saturated heterocycles. The van der Waals surface area contributed by atoms with Crippen LogP contribution in [0.15, 0.2) is 56.9 Å². The smallest absolute Gasteiger partial charge is 0.206 e. The molecule has 4 nitrogen and oxygen atoms in total. The van der Waals surface area contributed by atoms with Crippen LogP contribution in [0.4, 0.5) is 4.39 Å². The Morgan fingerprint density at radius 1 is 1.19 bits per heavy atom. The van der Waals surface area contributed by atoms with Crippen molar-refractivity contribution < 1.29 is 12.8 Å². The Labute approximate surface area is 130 Å². The lowest BCUT2D eigenvalue weighted by molar-refractivity contribution is 0.584. The molecule has 0 fully saturated rings. The first-order valence-electron chi connectivity index (χ1n) is 5.96. The molecular weight excluding hydrogens is 359 g/mol. The summed E-state index contributed by atoms with van der Waals surface area (Å²) >= 11 is 3.17. The fourth-order valence-corrected chi connectivity index (χ4v) is 2.80. The minimum atomic E-state index is -3.76. The zero-order valence-electron chi connectivity index (χ0n) is 11.0. The maximum absolute atomic E-state index is 13.5. The Bertz CT molecular complexity index is 754. The van der Waals surface area contributed by atoms with Crippen molar-refractivity contribution in [3.8, 4) is 0 Å². The van der Waals surface area contributed by atoms with Gasteiger partial charge >= 0.3 is 0 Å². The van der Waals surface area contributed by atoms with Crippen LogP contribution in [0.5, 0.6) is 0 Å². The van der Waals surface area contributed by atoms with E-state index >= 15 is 0 Å². The largest absolute Gasteiger partial charge is 0.276 e. The lowest BCUT2D eigenvalue weighted by Gasteiger charge is -2.04. The molecule has 0 heterocycles. The third-order valence-electron chi connectivity index (χ3n) is 2.70. The lowest BCUT2D eigenvalue weighted by atomic mass is 10.2. The predicted molar refractivity (Wildman–Crippen MR) is 83.2 cm³/mol. The first-order valence-corrected chi connectivity index (χ1v) is 8.23. The Kier molecular flexibility index (Phi) is 4.74. The van der Waals surface area contributed by atoms with E-state index in [1.807, 2.05) is 6.92 Å². The summed E-state index contributed by atoms with van der Waals surface area (Å²) in [5.41, 5.74) is 1.12. The normalized spacial score (nSPS) is 11.8. The quantitative estimate of drug-likeness (QED) is 0.663. The van der Waals surface area contributed by atoms with Crippen LogP contribution >= 0.6 is 15.9 Å². The molecular formula is C14H12BrFN2O2S. The molecule has 1 N–H and O–H groups in total. The standard InChI is InChI=1S/C14H12BrFN2O2S/c1-10-5-7-11(8-6-10)21(19,20)18-17-9-12-13(15)3-2-4-14(12)16/h2-9,18H,1H3/b17-9+. The minimum Gasteiger partial charge on any atom is -0.206 e. The zero-order chi connectivity index (χ0) is 15.5. The SMILES string of the molecule is Cc1ccc(S(=O)(=O)N/N=C/c2c(F)cccc2Br)cc1. The molecule has 110 valence electrons. The number of benzene rings is 2. The van der Waals surface area contributed by atoms with Gasteiger partial charge in [0.15, 0.2) is 0 Å². The van der Waals surface area contributed by atoms with E-state index in [1.165, 1.54) is 24.3 Å². The van der Waals surface area contributed by atoms with Crippen LogP contribution < -0.4 is 4.83 Å². The van der Waals surface area contributed by atoms with Gasteiger partial charge in [0, 0.05) is 10.0 Å². The van der Waals surface area contributed by atoms with Gasteiger partial charge in [-0.15, -0.1) is 0 Å². The summed E-state index contributed by atoms with van der Waals surface area (Å²) in [5, 5.41) is 3.60. The molecule has 2 aromatic rings. The van der Waals surface area contributed by atoms with E-state index in [9.17, 15) is 12.8 Å². The van der Waals surface area contributed by atoms with Crippen molar-refractivity contribution in [2.24, 2.45) is 5.10 Å². The Morgan fingerprint density at radius 2 is 1.86 bits per heavy atom. The van der Waals surface area contributed by atoms with Crippen LogP contribution in [-0.2, 0) is 10.0 Å². The fraction of sp³-hybridized carbons (Fsp3) is 0.0714. The second kappa shape index (κ2) is 6.36. The Morgan fingerprint density at radius 3 is 2.48 bits per heavy atom. The summed E-state index contributed by atoms with van der Waals surface area (Å²) in [5.74, 6) is -0.498. The minimum absolute atomic E-state index is 0.0952. The van der Waals surface area contributed by atoms with Gasteiger partial charge in [0.25, 0.3) is 10.0 Å². The highest BCUT2D eigenvalue weighted by atomic mass is 79.9. The van der Waals surface area contributed by atoms with Crippen molar-refractivity contribution in [1.29, 1.82) is 0 Å². The molecule has 2 aromatic carbocycles. The molecule has 0 aliphatic carbocycles. The molecule has 0 aromatic heterocycles. The molecule has 21 heavy (non-hydrogen) atoms. The van der Waals surface area contributed by atoms with Crippen LogP contribution in [0.2, 0.25) is 0 Å².